The van der Waals surface area contributed by atoms with Gasteiger partial charge in [-0.25, -0.2) is 4.79 Å². The molecule has 128 valence electrons. The summed E-state index contributed by atoms with van der Waals surface area (Å²) in [6.07, 6.45) is -0.786. The molecular formula is C15H22N2O6. The molecule has 0 aliphatic carbocycles. The lowest BCUT2D eigenvalue weighted by Crippen LogP contribution is -2.27. The van der Waals surface area contributed by atoms with Gasteiger partial charge in [0, 0.05) is 6.54 Å². The first-order valence-corrected chi connectivity index (χ1v) is 6.92. The summed E-state index contributed by atoms with van der Waals surface area (Å²) in [7, 11) is 1.31. The number of nitrogens with one attached hydrogen (secondary N) is 1. The van der Waals surface area contributed by atoms with E-state index in [1.807, 2.05) is 0 Å². The van der Waals surface area contributed by atoms with E-state index in [0.29, 0.717) is 5.56 Å². The summed E-state index contributed by atoms with van der Waals surface area (Å²) in [6.45, 7) is 4.93. The van der Waals surface area contributed by atoms with E-state index in [1.165, 1.54) is 19.2 Å². The number of rotatable bonds is 5. The zero-order valence-electron chi connectivity index (χ0n) is 13.5. The molecule has 0 saturated carbocycles. The maximum atomic E-state index is 11.8. The molecule has 1 aromatic carbocycles. The molecule has 0 spiro atoms. The summed E-state index contributed by atoms with van der Waals surface area (Å²) in [4.78, 5) is 23.1. The number of nitrogens with two attached hydrogens (primary N) is 1. The summed E-state index contributed by atoms with van der Waals surface area (Å²) in [5.41, 5.74) is 5.03. The van der Waals surface area contributed by atoms with Gasteiger partial charge < -0.3 is 25.4 Å². The summed E-state index contributed by atoms with van der Waals surface area (Å²) in [5, 5.41) is 21.6. The molecular weight excluding hydrogens is 304 g/mol. The number of hydrogen-bond acceptors (Lipinski definition) is 6. The average molecular weight is 326 g/mol. The first-order chi connectivity index (χ1) is 10.6. The Bertz CT molecular complexity index is 594. The number of aliphatic carboxylic acids is 1. The van der Waals surface area contributed by atoms with Gasteiger partial charge in [0.1, 0.15) is 5.60 Å². The van der Waals surface area contributed by atoms with Crippen LogP contribution in [0.15, 0.2) is 12.1 Å². The van der Waals surface area contributed by atoms with Gasteiger partial charge in [0.2, 0.25) is 0 Å². The van der Waals surface area contributed by atoms with Crippen LogP contribution in [0.4, 0.5) is 10.5 Å². The SMILES string of the molecule is COc1cc(C(CN)C(=O)O)cc(NC(=O)OC(C)(C)C)c1O. The number of phenolic OH excluding ortho intramolecular Hbond substituents is 1. The van der Waals surface area contributed by atoms with Crippen molar-refractivity contribution in [2.75, 3.05) is 19.0 Å². The van der Waals surface area contributed by atoms with Crippen molar-refractivity contribution in [3.8, 4) is 11.5 Å². The number of anilines is 1. The molecule has 1 rings (SSSR count). The Labute approximate surface area is 134 Å². The highest BCUT2D eigenvalue weighted by molar-refractivity contribution is 5.88. The molecule has 0 aliphatic rings. The van der Waals surface area contributed by atoms with Crippen molar-refractivity contribution in [2.24, 2.45) is 5.73 Å². The van der Waals surface area contributed by atoms with Crippen LogP contribution >= 0.6 is 0 Å². The summed E-state index contributed by atoms with van der Waals surface area (Å²) >= 11 is 0. The number of amides is 1. The molecule has 0 bridgehead atoms. The van der Waals surface area contributed by atoms with E-state index in [1.54, 1.807) is 20.8 Å². The van der Waals surface area contributed by atoms with E-state index in [2.05, 4.69) is 5.32 Å². The number of methoxy groups -OCH3 is 1. The number of carboxylic acid groups (broad SMARTS) is 1. The molecule has 1 unspecified atom stereocenters. The van der Waals surface area contributed by atoms with Gasteiger partial charge >= 0.3 is 12.1 Å². The van der Waals surface area contributed by atoms with Gasteiger partial charge in [0.25, 0.3) is 0 Å². The third kappa shape index (κ3) is 5.03. The number of carboxylic acids is 1. The second kappa shape index (κ2) is 7.19. The Balaban J connectivity index is 3.20. The molecule has 0 heterocycles. The number of benzene rings is 1. The van der Waals surface area contributed by atoms with Crippen LogP contribution < -0.4 is 15.8 Å². The number of aromatic hydroxyl groups is 1. The molecule has 0 saturated heterocycles. The number of carbonyl (C=O) groups is 2. The maximum Gasteiger partial charge on any atom is 0.412 e. The Kier molecular flexibility index (Phi) is 5.80. The standard InChI is InChI=1S/C15H22N2O6/c1-15(2,3)23-14(21)17-10-5-8(9(7-16)13(19)20)6-11(22-4)12(10)18/h5-6,9,18H,7,16H2,1-4H3,(H,17,21)(H,19,20). The summed E-state index contributed by atoms with van der Waals surface area (Å²) < 4.78 is 10.1. The molecule has 23 heavy (non-hydrogen) atoms. The van der Waals surface area contributed by atoms with E-state index in [-0.39, 0.29) is 23.7 Å². The van der Waals surface area contributed by atoms with Crippen LogP contribution in [-0.4, -0.2) is 41.5 Å². The van der Waals surface area contributed by atoms with E-state index >= 15 is 0 Å². The zero-order valence-corrected chi connectivity index (χ0v) is 13.5. The lowest BCUT2D eigenvalue weighted by atomic mass is 9.98. The lowest BCUT2D eigenvalue weighted by Gasteiger charge is -2.21. The number of phenols is 1. The van der Waals surface area contributed by atoms with Crippen LogP contribution in [0.2, 0.25) is 0 Å². The Morgan fingerprint density at radius 3 is 2.39 bits per heavy atom. The van der Waals surface area contributed by atoms with Crippen molar-refractivity contribution in [3.05, 3.63) is 17.7 Å². The first kappa shape index (κ1) is 18.6. The topological polar surface area (TPSA) is 131 Å². The largest absolute Gasteiger partial charge is 0.503 e. The van der Waals surface area contributed by atoms with Gasteiger partial charge in [0.15, 0.2) is 11.5 Å². The normalized spacial score (nSPS) is 12.4. The van der Waals surface area contributed by atoms with Crippen molar-refractivity contribution in [1.82, 2.24) is 0 Å². The van der Waals surface area contributed by atoms with E-state index in [4.69, 9.17) is 15.2 Å². The molecule has 1 aromatic rings. The third-order valence-corrected chi connectivity index (χ3v) is 2.89. The molecule has 5 N–H and O–H groups in total. The fourth-order valence-corrected chi connectivity index (χ4v) is 1.87. The molecule has 8 heteroatoms. The van der Waals surface area contributed by atoms with Crippen LogP contribution in [0, 0.1) is 0 Å². The maximum absolute atomic E-state index is 11.8. The molecule has 0 radical (unpaired) electrons. The molecule has 0 fully saturated rings. The fourth-order valence-electron chi connectivity index (χ4n) is 1.87. The van der Waals surface area contributed by atoms with Gasteiger partial charge in [0.05, 0.1) is 18.7 Å². The molecule has 8 nitrogen and oxygen atoms in total. The predicted octanol–water partition coefficient (Wildman–Crippen LogP) is 1.87. The average Bonchev–Trinajstić information content (AvgIpc) is 2.40. The fraction of sp³-hybridized carbons (Fsp3) is 0.467. The first-order valence-electron chi connectivity index (χ1n) is 6.92. The summed E-state index contributed by atoms with van der Waals surface area (Å²) in [5.74, 6) is -2.43. The van der Waals surface area contributed by atoms with Crippen molar-refractivity contribution >= 4 is 17.7 Å². The minimum Gasteiger partial charge on any atom is -0.503 e. The van der Waals surface area contributed by atoms with E-state index in [0.717, 1.165) is 0 Å². The number of ether oxygens (including phenoxy) is 2. The van der Waals surface area contributed by atoms with Gasteiger partial charge in [-0.15, -0.1) is 0 Å². The minimum absolute atomic E-state index is 0.0201. The highest BCUT2D eigenvalue weighted by atomic mass is 16.6. The lowest BCUT2D eigenvalue weighted by molar-refractivity contribution is -0.138. The van der Waals surface area contributed by atoms with Crippen LogP contribution in [0.3, 0.4) is 0 Å². The Morgan fingerprint density at radius 1 is 1.35 bits per heavy atom. The Morgan fingerprint density at radius 2 is 1.96 bits per heavy atom. The van der Waals surface area contributed by atoms with Crippen LogP contribution in [0.1, 0.15) is 32.3 Å². The third-order valence-electron chi connectivity index (χ3n) is 2.89. The highest BCUT2D eigenvalue weighted by Crippen LogP contribution is 2.37. The molecule has 1 amide bonds. The predicted molar refractivity (Wildman–Crippen MR) is 83.9 cm³/mol. The smallest absolute Gasteiger partial charge is 0.412 e. The van der Waals surface area contributed by atoms with Crippen LogP contribution in [0.25, 0.3) is 0 Å². The number of carbonyl (C=O) groups excluding carboxylic acids is 1. The van der Waals surface area contributed by atoms with E-state index in [9.17, 15) is 19.8 Å². The minimum atomic E-state index is -1.12. The molecule has 0 aromatic heterocycles. The number of hydrogen-bond donors (Lipinski definition) is 4. The highest BCUT2D eigenvalue weighted by Gasteiger charge is 2.23. The van der Waals surface area contributed by atoms with Crippen molar-refractivity contribution < 1.29 is 29.3 Å². The van der Waals surface area contributed by atoms with Crippen molar-refractivity contribution in [3.63, 3.8) is 0 Å². The van der Waals surface area contributed by atoms with E-state index < -0.39 is 23.6 Å². The van der Waals surface area contributed by atoms with Crippen molar-refractivity contribution in [2.45, 2.75) is 32.3 Å². The van der Waals surface area contributed by atoms with Crippen LogP contribution in [-0.2, 0) is 9.53 Å². The summed E-state index contributed by atoms with van der Waals surface area (Å²) in [6, 6.07) is 2.69. The van der Waals surface area contributed by atoms with Gasteiger partial charge in [-0.2, -0.15) is 0 Å². The van der Waals surface area contributed by atoms with Crippen molar-refractivity contribution in [1.29, 1.82) is 0 Å². The van der Waals surface area contributed by atoms with Gasteiger partial charge in [-0.05, 0) is 38.5 Å². The molecule has 1 atom stereocenters. The van der Waals surface area contributed by atoms with Gasteiger partial charge in [-0.3, -0.25) is 10.1 Å². The van der Waals surface area contributed by atoms with Gasteiger partial charge in [-0.1, -0.05) is 0 Å². The monoisotopic (exact) mass is 326 g/mol. The molecule has 0 aliphatic heterocycles. The second-order valence-corrected chi connectivity index (χ2v) is 5.87. The second-order valence-electron chi connectivity index (χ2n) is 5.87. The quantitative estimate of drug-likeness (QED) is 0.607. The zero-order chi connectivity index (χ0) is 17.8. The Hall–Kier alpha value is -2.48. The van der Waals surface area contributed by atoms with Crippen LogP contribution in [0.5, 0.6) is 11.5 Å².